The molecule has 19 heavy (non-hydrogen) atoms. The van der Waals surface area contributed by atoms with Gasteiger partial charge in [-0.1, -0.05) is 29.3 Å². The summed E-state index contributed by atoms with van der Waals surface area (Å²) in [7, 11) is 0. The predicted octanol–water partition coefficient (Wildman–Crippen LogP) is 5.25. The number of nitrogens with zero attached hydrogens (tertiary/aromatic N) is 1. The van der Waals surface area contributed by atoms with E-state index in [4.69, 9.17) is 23.2 Å². The molecule has 1 aromatic carbocycles. The summed E-state index contributed by atoms with van der Waals surface area (Å²) in [5.41, 5.74) is 3.60. The minimum Gasteiger partial charge on any atom is -0.377 e. The van der Waals surface area contributed by atoms with Gasteiger partial charge in [-0.3, -0.25) is 0 Å². The predicted molar refractivity (Wildman–Crippen MR) is 83.1 cm³/mol. The average Bonchev–Trinajstić information content (AvgIpc) is 2.76. The standard InChI is InChI=1S/C14H11BrCl2N2/c15-12-6-10(7-18-14(12)17)19-13-4-1-8-5-9(16)2-3-11(8)13/h2-3,5-7,13,19H,1,4H2. The summed E-state index contributed by atoms with van der Waals surface area (Å²) >= 11 is 15.3. The molecule has 0 bridgehead atoms. The molecule has 1 unspecified atom stereocenters. The fourth-order valence-corrected chi connectivity index (χ4v) is 3.08. The van der Waals surface area contributed by atoms with Crippen LogP contribution in [0.3, 0.4) is 0 Å². The molecule has 0 saturated heterocycles. The summed E-state index contributed by atoms with van der Waals surface area (Å²) in [6, 6.07) is 8.34. The van der Waals surface area contributed by atoms with Crippen LogP contribution >= 0.6 is 39.1 Å². The lowest BCUT2D eigenvalue weighted by Crippen LogP contribution is -2.07. The Morgan fingerprint density at radius 1 is 1.26 bits per heavy atom. The van der Waals surface area contributed by atoms with Crippen molar-refractivity contribution < 1.29 is 0 Å². The molecule has 1 aliphatic carbocycles. The van der Waals surface area contributed by atoms with Crippen LogP contribution in [0.25, 0.3) is 0 Å². The Bertz CT molecular complexity index is 631. The highest BCUT2D eigenvalue weighted by molar-refractivity contribution is 9.10. The number of nitrogens with one attached hydrogen (secondary N) is 1. The van der Waals surface area contributed by atoms with Crippen LogP contribution in [-0.4, -0.2) is 4.98 Å². The summed E-state index contributed by atoms with van der Waals surface area (Å²) < 4.78 is 0.800. The smallest absolute Gasteiger partial charge is 0.143 e. The molecule has 0 radical (unpaired) electrons. The van der Waals surface area contributed by atoms with Gasteiger partial charge in [0.15, 0.2) is 0 Å². The first-order valence-electron chi connectivity index (χ1n) is 5.99. The molecule has 1 atom stereocenters. The zero-order valence-electron chi connectivity index (χ0n) is 9.96. The SMILES string of the molecule is Clc1ccc2c(c1)CCC2Nc1cnc(Cl)c(Br)c1. The van der Waals surface area contributed by atoms with Crippen molar-refractivity contribution in [2.75, 3.05) is 5.32 Å². The van der Waals surface area contributed by atoms with E-state index in [1.165, 1.54) is 11.1 Å². The van der Waals surface area contributed by atoms with Gasteiger partial charge in [0.25, 0.3) is 0 Å². The molecular formula is C14H11BrCl2N2. The molecular weight excluding hydrogens is 347 g/mol. The van der Waals surface area contributed by atoms with E-state index in [0.717, 1.165) is 28.0 Å². The van der Waals surface area contributed by atoms with Gasteiger partial charge < -0.3 is 5.32 Å². The third kappa shape index (κ3) is 2.73. The van der Waals surface area contributed by atoms with Crippen molar-refractivity contribution in [3.05, 3.63) is 56.2 Å². The van der Waals surface area contributed by atoms with Gasteiger partial charge in [0, 0.05) is 5.02 Å². The Kier molecular flexibility index (Phi) is 3.70. The van der Waals surface area contributed by atoms with E-state index in [-0.39, 0.29) is 0 Å². The summed E-state index contributed by atoms with van der Waals surface area (Å²) in [5, 5.41) is 4.77. The number of benzene rings is 1. The molecule has 1 heterocycles. The van der Waals surface area contributed by atoms with Crippen LogP contribution in [0.5, 0.6) is 0 Å². The summed E-state index contributed by atoms with van der Waals surface area (Å²) in [5.74, 6) is 0. The first-order chi connectivity index (χ1) is 9.13. The maximum atomic E-state index is 6.02. The first-order valence-corrected chi connectivity index (χ1v) is 7.54. The topological polar surface area (TPSA) is 24.9 Å². The molecule has 0 aliphatic heterocycles. The number of aromatic nitrogens is 1. The molecule has 3 rings (SSSR count). The van der Waals surface area contributed by atoms with Gasteiger partial charge in [-0.15, -0.1) is 0 Å². The highest BCUT2D eigenvalue weighted by Gasteiger charge is 2.22. The van der Waals surface area contributed by atoms with Gasteiger partial charge in [0.1, 0.15) is 5.15 Å². The zero-order valence-corrected chi connectivity index (χ0v) is 13.1. The van der Waals surface area contributed by atoms with Gasteiger partial charge in [0.2, 0.25) is 0 Å². The summed E-state index contributed by atoms with van der Waals surface area (Å²) in [6.07, 6.45) is 3.87. The molecule has 1 N–H and O–H groups in total. The second-order valence-corrected chi connectivity index (χ2v) is 6.22. The van der Waals surface area contributed by atoms with Crippen molar-refractivity contribution in [2.45, 2.75) is 18.9 Å². The summed E-state index contributed by atoms with van der Waals surface area (Å²) in [4.78, 5) is 4.13. The number of fused-ring (bicyclic) bond motifs is 1. The lowest BCUT2D eigenvalue weighted by atomic mass is 10.1. The Hall–Kier alpha value is -0.770. The number of hydrogen-bond donors (Lipinski definition) is 1. The van der Waals surface area contributed by atoms with E-state index in [1.54, 1.807) is 6.20 Å². The van der Waals surface area contributed by atoms with Crippen molar-refractivity contribution in [3.8, 4) is 0 Å². The normalized spacial score (nSPS) is 17.3. The quantitative estimate of drug-likeness (QED) is 0.742. The van der Waals surface area contributed by atoms with E-state index >= 15 is 0 Å². The molecule has 1 aromatic heterocycles. The van der Waals surface area contributed by atoms with Crippen LogP contribution in [0.1, 0.15) is 23.6 Å². The molecule has 2 aromatic rings. The fourth-order valence-electron chi connectivity index (χ4n) is 2.44. The number of anilines is 1. The first kappa shape index (κ1) is 13.2. The zero-order chi connectivity index (χ0) is 13.4. The van der Waals surface area contributed by atoms with Crippen molar-refractivity contribution in [3.63, 3.8) is 0 Å². The van der Waals surface area contributed by atoms with Crippen molar-refractivity contribution in [1.82, 2.24) is 4.98 Å². The van der Waals surface area contributed by atoms with E-state index < -0.39 is 0 Å². The van der Waals surface area contributed by atoms with E-state index in [9.17, 15) is 0 Å². The van der Waals surface area contributed by atoms with Crippen LogP contribution in [0.2, 0.25) is 10.2 Å². The van der Waals surface area contributed by atoms with E-state index in [0.29, 0.717) is 11.2 Å². The maximum absolute atomic E-state index is 6.02. The molecule has 5 heteroatoms. The Balaban J connectivity index is 1.84. The summed E-state index contributed by atoms with van der Waals surface area (Å²) in [6.45, 7) is 0. The largest absolute Gasteiger partial charge is 0.377 e. The highest BCUT2D eigenvalue weighted by Crippen LogP contribution is 2.35. The minimum absolute atomic E-state index is 0.308. The second kappa shape index (κ2) is 5.31. The molecule has 0 saturated carbocycles. The molecule has 2 nitrogen and oxygen atoms in total. The molecule has 0 fully saturated rings. The highest BCUT2D eigenvalue weighted by atomic mass is 79.9. The number of hydrogen-bond acceptors (Lipinski definition) is 2. The molecule has 1 aliphatic rings. The third-order valence-electron chi connectivity index (χ3n) is 3.32. The number of rotatable bonds is 2. The van der Waals surface area contributed by atoms with Crippen molar-refractivity contribution in [1.29, 1.82) is 0 Å². The Labute approximate surface area is 130 Å². The second-order valence-electron chi connectivity index (χ2n) is 4.58. The molecule has 0 amide bonds. The van der Waals surface area contributed by atoms with Crippen LogP contribution in [-0.2, 0) is 6.42 Å². The van der Waals surface area contributed by atoms with Crippen LogP contribution < -0.4 is 5.32 Å². The molecule has 98 valence electrons. The lowest BCUT2D eigenvalue weighted by Gasteiger charge is -2.15. The van der Waals surface area contributed by atoms with E-state index in [2.05, 4.69) is 38.4 Å². The molecule has 0 spiro atoms. The van der Waals surface area contributed by atoms with Gasteiger partial charge in [-0.2, -0.15) is 0 Å². The maximum Gasteiger partial charge on any atom is 0.143 e. The van der Waals surface area contributed by atoms with Gasteiger partial charge >= 0.3 is 0 Å². The van der Waals surface area contributed by atoms with Crippen molar-refractivity contribution >= 4 is 44.8 Å². The lowest BCUT2D eigenvalue weighted by molar-refractivity contribution is 0.761. The Morgan fingerprint density at radius 3 is 2.89 bits per heavy atom. The van der Waals surface area contributed by atoms with Crippen LogP contribution in [0, 0.1) is 0 Å². The number of aryl methyl sites for hydroxylation is 1. The monoisotopic (exact) mass is 356 g/mol. The van der Waals surface area contributed by atoms with E-state index in [1.807, 2.05) is 12.1 Å². The van der Waals surface area contributed by atoms with Crippen LogP contribution in [0.15, 0.2) is 34.9 Å². The van der Waals surface area contributed by atoms with Crippen molar-refractivity contribution in [2.24, 2.45) is 0 Å². The number of halogens is 3. The average molecular weight is 358 g/mol. The number of pyridine rings is 1. The third-order valence-corrected chi connectivity index (χ3v) is 4.69. The van der Waals surface area contributed by atoms with Gasteiger partial charge in [-0.25, -0.2) is 4.98 Å². The minimum atomic E-state index is 0.308. The fraction of sp³-hybridized carbons (Fsp3) is 0.214. The Morgan fingerprint density at radius 2 is 2.11 bits per heavy atom. The van der Waals surface area contributed by atoms with Gasteiger partial charge in [-0.05, 0) is 58.1 Å². The van der Waals surface area contributed by atoms with Gasteiger partial charge in [0.05, 0.1) is 22.4 Å². The van der Waals surface area contributed by atoms with Crippen LogP contribution in [0.4, 0.5) is 5.69 Å².